The van der Waals surface area contributed by atoms with E-state index in [1.54, 1.807) is 18.2 Å². The van der Waals surface area contributed by atoms with Gasteiger partial charge in [0.25, 0.3) is 0 Å². The Morgan fingerprint density at radius 3 is 2.50 bits per heavy atom. The van der Waals surface area contributed by atoms with Crippen LogP contribution in [0.15, 0.2) is 18.2 Å². The Kier molecular flexibility index (Phi) is 9.74. The summed E-state index contributed by atoms with van der Waals surface area (Å²) in [6.45, 7) is 0.283. The molecule has 0 radical (unpaired) electrons. The van der Waals surface area contributed by atoms with Gasteiger partial charge in [0.2, 0.25) is 18.2 Å². The van der Waals surface area contributed by atoms with Crippen LogP contribution < -0.4 is 22.1 Å². The second-order valence-electron chi connectivity index (χ2n) is 6.17. The molecule has 0 aliphatic heterocycles. The lowest BCUT2D eigenvalue weighted by molar-refractivity contribution is -0.119. The molecule has 1 atom stereocenters. The predicted molar refractivity (Wildman–Crippen MR) is 97.7 cm³/mol. The van der Waals surface area contributed by atoms with Gasteiger partial charge < -0.3 is 22.1 Å². The number of aryl methyl sites for hydroxylation is 1. The molecule has 7 nitrogen and oxygen atoms in total. The summed E-state index contributed by atoms with van der Waals surface area (Å²) in [4.78, 5) is 32.2. The van der Waals surface area contributed by atoms with Crippen molar-refractivity contribution in [2.45, 2.75) is 51.0 Å². The molecule has 0 saturated heterocycles. The number of nitrogens with two attached hydrogens (primary N) is 2. The highest BCUT2D eigenvalue weighted by Gasteiger charge is 2.12. The van der Waals surface area contributed by atoms with Crippen LogP contribution in [0.4, 0.5) is 10.1 Å². The first kappa shape index (κ1) is 21.4. The number of carbonyl (C=O) groups excluding carboxylic acids is 3. The Bertz CT molecular complexity index is 610. The number of carbonyl (C=O) groups is 3. The molecule has 0 aliphatic rings. The van der Waals surface area contributed by atoms with Gasteiger partial charge in [-0.3, -0.25) is 14.4 Å². The van der Waals surface area contributed by atoms with E-state index in [9.17, 15) is 18.8 Å². The molecule has 144 valence electrons. The standard InChI is InChI=1S/C18H27FN4O3/c19-18-13(5-2-1-3-8-16(20)25)6-4-7-15(18)22-11-14(23-12-24)9-10-17(21)26/h4,6-7,12,14,22H,1-3,5,8-11H2,(H2,20,25)(H2,21,26)(H,23,24)/t14-/m0/s1. The minimum absolute atomic E-state index is 0.140. The zero-order valence-electron chi connectivity index (χ0n) is 14.8. The maximum absolute atomic E-state index is 14.6. The van der Waals surface area contributed by atoms with Crippen LogP contribution in [0.25, 0.3) is 0 Å². The highest BCUT2D eigenvalue weighted by molar-refractivity contribution is 5.74. The van der Waals surface area contributed by atoms with Crippen LogP contribution in [0.1, 0.15) is 44.1 Å². The zero-order valence-corrected chi connectivity index (χ0v) is 14.8. The summed E-state index contributed by atoms with van der Waals surface area (Å²) in [5.41, 5.74) is 11.1. The summed E-state index contributed by atoms with van der Waals surface area (Å²) in [7, 11) is 0. The van der Waals surface area contributed by atoms with Crippen LogP contribution in [0.2, 0.25) is 0 Å². The average molecular weight is 366 g/mol. The summed E-state index contributed by atoms with van der Waals surface area (Å²) in [6, 6.07) is 4.79. The van der Waals surface area contributed by atoms with Crippen molar-refractivity contribution in [3.05, 3.63) is 29.6 Å². The van der Waals surface area contributed by atoms with E-state index in [0.717, 1.165) is 12.8 Å². The SMILES string of the molecule is NC(=O)CCCCCc1cccc(NC[C@H](CCC(N)=O)NC=O)c1F. The van der Waals surface area contributed by atoms with Crippen molar-refractivity contribution in [1.29, 1.82) is 0 Å². The van der Waals surface area contributed by atoms with Crippen molar-refractivity contribution in [2.75, 3.05) is 11.9 Å². The molecule has 1 aromatic rings. The molecule has 0 aromatic heterocycles. The number of hydrogen-bond acceptors (Lipinski definition) is 4. The third kappa shape index (κ3) is 8.46. The lowest BCUT2D eigenvalue weighted by Gasteiger charge is -2.18. The first-order chi connectivity index (χ1) is 12.4. The number of benzene rings is 1. The van der Waals surface area contributed by atoms with Gasteiger partial charge >= 0.3 is 0 Å². The third-order valence-electron chi connectivity index (χ3n) is 4.03. The van der Waals surface area contributed by atoms with E-state index in [-0.39, 0.29) is 30.7 Å². The zero-order chi connectivity index (χ0) is 19.4. The molecule has 0 spiro atoms. The largest absolute Gasteiger partial charge is 0.381 e. The molecule has 1 rings (SSSR count). The fraction of sp³-hybridized carbons (Fsp3) is 0.500. The van der Waals surface area contributed by atoms with Crippen LogP contribution in [0.3, 0.4) is 0 Å². The molecule has 0 aliphatic carbocycles. The molecule has 3 amide bonds. The molecule has 6 N–H and O–H groups in total. The van der Waals surface area contributed by atoms with Gasteiger partial charge in [0.05, 0.1) is 5.69 Å². The number of hydrogen-bond donors (Lipinski definition) is 4. The normalized spacial score (nSPS) is 11.6. The molecule has 0 heterocycles. The fourth-order valence-electron chi connectivity index (χ4n) is 2.59. The van der Waals surface area contributed by atoms with Crippen molar-refractivity contribution in [3.8, 4) is 0 Å². The fourth-order valence-corrected chi connectivity index (χ4v) is 2.59. The van der Waals surface area contributed by atoms with Gasteiger partial charge in [-0.25, -0.2) is 4.39 Å². The van der Waals surface area contributed by atoms with Crippen molar-refractivity contribution in [3.63, 3.8) is 0 Å². The van der Waals surface area contributed by atoms with Crippen molar-refractivity contribution in [1.82, 2.24) is 5.32 Å². The number of rotatable bonds is 14. The summed E-state index contributed by atoms with van der Waals surface area (Å²) in [5, 5.41) is 5.56. The highest BCUT2D eigenvalue weighted by Crippen LogP contribution is 2.20. The highest BCUT2D eigenvalue weighted by atomic mass is 19.1. The van der Waals surface area contributed by atoms with E-state index in [2.05, 4.69) is 10.6 Å². The van der Waals surface area contributed by atoms with Gasteiger partial charge in [-0.15, -0.1) is 0 Å². The Hall–Kier alpha value is -2.64. The topological polar surface area (TPSA) is 127 Å². The maximum atomic E-state index is 14.6. The lowest BCUT2D eigenvalue weighted by Crippen LogP contribution is -2.35. The Morgan fingerprint density at radius 2 is 1.85 bits per heavy atom. The first-order valence-corrected chi connectivity index (χ1v) is 8.71. The van der Waals surface area contributed by atoms with E-state index in [1.807, 2.05) is 0 Å². The van der Waals surface area contributed by atoms with Crippen molar-refractivity contribution in [2.24, 2.45) is 11.5 Å². The van der Waals surface area contributed by atoms with E-state index in [0.29, 0.717) is 43.3 Å². The molecular weight excluding hydrogens is 339 g/mol. The molecule has 0 fully saturated rings. The van der Waals surface area contributed by atoms with Gasteiger partial charge in [-0.05, 0) is 37.3 Å². The Labute approximate surface area is 152 Å². The minimum Gasteiger partial charge on any atom is -0.381 e. The van der Waals surface area contributed by atoms with Gasteiger partial charge in [-0.1, -0.05) is 18.6 Å². The minimum atomic E-state index is -0.452. The molecule has 8 heteroatoms. The molecule has 0 bridgehead atoms. The van der Waals surface area contributed by atoms with Crippen molar-refractivity contribution >= 4 is 23.9 Å². The maximum Gasteiger partial charge on any atom is 0.217 e. The van der Waals surface area contributed by atoms with E-state index in [1.165, 1.54) is 0 Å². The predicted octanol–water partition coefficient (Wildman–Crippen LogP) is 1.21. The second kappa shape index (κ2) is 11.8. The van der Waals surface area contributed by atoms with Gasteiger partial charge in [-0.2, -0.15) is 0 Å². The third-order valence-corrected chi connectivity index (χ3v) is 4.03. The summed E-state index contributed by atoms with van der Waals surface area (Å²) < 4.78 is 14.6. The summed E-state index contributed by atoms with van der Waals surface area (Å²) in [5.74, 6) is -1.11. The Morgan fingerprint density at radius 1 is 1.12 bits per heavy atom. The van der Waals surface area contributed by atoms with Crippen LogP contribution in [0, 0.1) is 5.82 Å². The molecule has 0 saturated carbocycles. The quantitative estimate of drug-likeness (QED) is 0.291. The number of amides is 3. The first-order valence-electron chi connectivity index (χ1n) is 8.71. The van der Waals surface area contributed by atoms with E-state index >= 15 is 0 Å². The number of halogens is 1. The average Bonchev–Trinajstić information content (AvgIpc) is 2.59. The molecule has 26 heavy (non-hydrogen) atoms. The number of primary amides is 2. The van der Waals surface area contributed by atoms with Gasteiger partial charge in [0, 0.05) is 25.4 Å². The van der Waals surface area contributed by atoms with Crippen LogP contribution in [-0.2, 0) is 20.8 Å². The smallest absolute Gasteiger partial charge is 0.217 e. The Balaban J connectivity index is 2.54. The molecule has 1 aromatic carbocycles. The number of nitrogens with one attached hydrogen (secondary N) is 2. The van der Waals surface area contributed by atoms with E-state index in [4.69, 9.17) is 11.5 Å². The summed E-state index contributed by atoms with van der Waals surface area (Å²) >= 11 is 0. The number of anilines is 1. The monoisotopic (exact) mass is 366 g/mol. The van der Waals surface area contributed by atoms with Gasteiger partial charge in [0.15, 0.2) is 0 Å². The lowest BCUT2D eigenvalue weighted by atomic mass is 10.0. The van der Waals surface area contributed by atoms with Crippen LogP contribution >= 0.6 is 0 Å². The van der Waals surface area contributed by atoms with E-state index < -0.39 is 5.91 Å². The second-order valence-corrected chi connectivity index (χ2v) is 6.17. The number of unbranched alkanes of at least 4 members (excludes halogenated alkanes) is 2. The van der Waals surface area contributed by atoms with Gasteiger partial charge in [0.1, 0.15) is 5.82 Å². The van der Waals surface area contributed by atoms with Crippen LogP contribution in [-0.4, -0.2) is 30.8 Å². The van der Waals surface area contributed by atoms with Crippen molar-refractivity contribution < 1.29 is 18.8 Å². The van der Waals surface area contributed by atoms with Crippen LogP contribution in [0.5, 0.6) is 0 Å². The molecule has 0 unspecified atom stereocenters. The molecular formula is C18H27FN4O3. The summed E-state index contributed by atoms with van der Waals surface area (Å²) in [6.07, 6.45) is 4.25.